The minimum absolute atomic E-state index is 0.0977. The Labute approximate surface area is 193 Å². The number of para-hydroxylation sites is 3. The second-order valence-corrected chi connectivity index (χ2v) is 9.41. The van der Waals surface area contributed by atoms with E-state index in [0.717, 1.165) is 35.8 Å². The zero-order valence-corrected chi connectivity index (χ0v) is 19.2. The lowest BCUT2D eigenvalue weighted by Crippen LogP contribution is -2.48. The van der Waals surface area contributed by atoms with E-state index in [-0.39, 0.29) is 5.91 Å². The Morgan fingerprint density at radius 3 is 2.25 bits per heavy atom. The van der Waals surface area contributed by atoms with Crippen LogP contribution in [-0.4, -0.2) is 49.5 Å². The van der Waals surface area contributed by atoms with Gasteiger partial charge in [-0.1, -0.05) is 36.0 Å². The van der Waals surface area contributed by atoms with Crippen LogP contribution in [0.25, 0.3) is 0 Å². The minimum Gasteiger partial charge on any atom is -0.495 e. The number of amides is 1. The number of thioether (sulfide) groups is 1. The molecule has 0 saturated carbocycles. The van der Waals surface area contributed by atoms with Crippen LogP contribution in [0.2, 0.25) is 0 Å². The molecule has 164 valence electrons. The predicted octanol–water partition coefficient (Wildman–Crippen LogP) is 5.25. The molecule has 0 bridgehead atoms. The van der Waals surface area contributed by atoms with Gasteiger partial charge in [-0.05, 0) is 55.5 Å². The molecule has 0 aliphatic carbocycles. The molecule has 0 spiro atoms. The van der Waals surface area contributed by atoms with Crippen molar-refractivity contribution in [3.63, 3.8) is 0 Å². The van der Waals surface area contributed by atoms with Gasteiger partial charge in [0.05, 0.1) is 23.9 Å². The van der Waals surface area contributed by atoms with Crippen molar-refractivity contribution in [3.8, 4) is 5.75 Å². The van der Waals surface area contributed by atoms with Gasteiger partial charge in [-0.2, -0.15) is 0 Å². The third-order valence-corrected chi connectivity index (χ3v) is 7.32. The molecule has 2 aliphatic heterocycles. The molecule has 1 amide bonds. The van der Waals surface area contributed by atoms with E-state index < -0.39 is 0 Å². The van der Waals surface area contributed by atoms with Crippen molar-refractivity contribution in [1.29, 1.82) is 0 Å². The van der Waals surface area contributed by atoms with Crippen LogP contribution >= 0.6 is 11.8 Å². The van der Waals surface area contributed by atoms with E-state index in [1.165, 1.54) is 10.6 Å². The summed E-state index contributed by atoms with van der Waals surface area (Å²) in [7, 11) is 1.70. The monoisotopic (exact) mass is 445 g/mol. The Morgan fingerprint density at radius 2 is 1.53 bits per heavy atom. The molecule has 3 aromatic rings. The largest absolute Gasteiger partial charge is 0.495 e. The molecule has 0 N–H and O–H groups in total. The average Bonchev–Trinajstić information content (AvgIpc) is 3.19. The fourth-order valence-corrected chi connectivity index (χ4v) is 5.68. The van der Waals surface area contributed by atoms with E-state index in [9.17, 15) is 4.79 Å². The van der Waals surface area contributed by atoms with Gasteiger partial charge in [-0.25, -0.2) is 0 Å². The van der Waals surface area contributed by atoms with E-state index in [1.807, 2.05) is 47.0 Å². The molecule has 0 aromatic heterocycles. The van der Waals surface area contributed by atoms with Crippen molar-refractivity contribution in [3.05, 3.63) is 78.4 Å². The number of hydrogen-bond donors (Lipinski definition) is 0. The number of methoxy groups -OCH3 is 1. The summed E-state index contributed by atoms with van der Waals surface area (Å²) in [4.78, 5) is 21.0. The van der Waals surface area contributed by atoms with Crippen LogP contribution < -0.4 is 14.5 Å². The quantitative estimate of drug-likeness (QED) is 0.548. The molecule has 2 heterocycles. The second-order valence-electron chi connectivity index (χ2n) is 8.05. The summed E-state index contributed by atoms with van der Waals surface area (Å²) < 4.78 is 5.50. The Morgan fingerprint density at radius 1 is 0.875 bits per heavy atom. The van der Waals surface area contributed by atoms with Crippen molar-refractivity contribution in [1.82, 2.24) is 4.90 Å². The number of carbonyl (C=O) groups is 1. The number of anilines is 3. The Kier molecular flexibility index (Phi) is 5.70. The highest BCUT2D eigenvalue weighted by atomic mass is 32.2. The molecule has 1 atom stereocenters. The molecule has 2 aliphatic rings. The highest BCUT2D eigenvalue weighted by Crippen LogP contribution is 2.46. The molecule has 1 fully saturated rings. The molecular formula is C26H27N3O2S. The molecule has 6 heteroatoms. The summed E-state index contributed by atoms with van der Waals surface area (Å²) in [5.41, 5.74) is 4.18. The number of benzene rings is 3. The first kappa shape index (κ1) is 20.8. The summed E-state index contributed by atoms with van der Waals surface area (Å²) in [5, 5.41) is 0.331. The first-order valence-corrected chi connectivity index (χ1v) is 11.9. The maximum Gasteiger partial charge on any atom is 0.253 e. The van der Waals surface area contributed by atoms with Crippen LogP contribution in [0.3, 0.4) is 0 Å². The number of nitrogens with zero attached hydrogens (tertiary/aromatic N) is 3. The SMILES string of the molecule is COc1ccccc1N1CCN(C(=O)c2ccc(N3c4ccccc4SC3C)cc2)CC1. The van der Waals surface area contributed by atoms with Crippen molar-refractivity contribution in [2.75, 3.05) is 43.1 Å². The number of carbonyl (C=O) groups excluding carboxylic acids is 1. The Hall–Kier alpha value is -3.12. The first-order valence-electron chi connectivity index (χ1n) is 11.0. The zero-order chi connectivity index (χ0) is 22.1. The number of fused-ring (bicyclic) bond motifs is 1. The van der Waals surface area contributed by atoms with Crippen LogP contribution in [0.1, 0.15) is 17.3 Å². The topological polar surface area (TPSA) is 36.0 Å². The third-order valence-electron chi connectivity index (χ3n) is 6.17. The van der Waals surface area contributed by atoms with Crippen LogP contribution in [0.4, 0.5) is 17.1 Å². The van der Waals surface area contributed by atoms with Crippen molar-refractivity contribution >= 4 is 34.7 Å². The second kappa shape index (κ2) is 8.79. The number of rotatable bonds is 4. The lowest BCUT2D eigenvalue weighted by molar-refractivity contribution is 0.0746. The van der Waals surface area contributed by atoms with Crippen LogP contribution in [0.5, 0.6) is 5.75 Å². The average molecular weight is 446 g/mol. The molecule has 5 rings (SSSR count). The van der Waals surface area contributed by atoms with Crippen LogP contribution in [0, 0.1) is 0 Å². The Balaban J connectivity index is 1.26. The van der Waals surface area contributed by atoms with Gasteiger partial charge in [0.1, 0.15) is 5.75 Å². The standard InChI is InChI=1S/C26H27N3O2S/c1-19-29(23-8-4-6-10-25(23)32-19)21-13-11-20(12-14-21)26(30)28-17-15-27(16-18-28)22-7-3-5-9-24(22)31-2/h3-14,19H,15-18H2,1-2H3. The van der Waals surface area contributed by atoms with E-state index in [2.05, 4.69) is 59.2 Å². The van der Waals surface area contributed by atoms with Gasteiger partial charge < -0.3 is 19.4 Å². The van der Waals surface area contributed by atoms with E-state index in [1.54, 1.807) is 7.11 Å². The first-order chi connectivity index (χ1) is 15.7. The number of piperazine rings is 1. The normalized spacial score (nSPS) is 17.9. The van der Waals surface area contributed by atoms with Gasteiger partial charge in [0.15, 0.2) is 0 Å². The molecule has 3 aromatic carbocycles. The summed E-state index contributed by atoms with van der Waals surface area (Å²) >= 11 is 1.87. The summed E-state index contributed by atoms with van der Waals surface area (Å²) in [6, 6.07) is 24.6. The zero-order valence-electron chi connectivity index (χ0n) is 18.4. The van der Waals surface area contributed by atoms with Crippen LogP contribution in [-0.2, 0) is 0 Å². The van der Waals surface area contributed by atoms with E-state index in [4.69, 9.17) is 4.74 Å². The van der Waals surface area contributed by atoms with Crippen LogP contribution in [0.15, 0.2) is 77.7 Å². The van der Waals surface area contributed by atoms with Gasteiger partial charge in [-0.3, -0.25) is 4.79 Å². The number of ether oxygens (including phenoxy) is 1. The molecule has 5 nitrogen and oxygen atoms in total. The van der Waals surface area contributed by atoms with Crippen molar-refractivity contribution in [2.45, 2.75) is 17.2 Å². The summed E-state index contributed by atoms with van der Waals surface area (Å²) in [5.74, 6) is 0.971. The van der Waals surface area contributed by atoms with Crippen molar-refractivity contribution < 1.29 is 9.53 Å². The smallest absolute Gasteiger partial charge is 0.253 e. The van der Waals surface area contributed by atoms with Gasteiger partial charge in [0.2, 0.25) is 0 Å². The maximum absolute atomic E-state index is 13.1. The van der Waals surface area contributed by atoms with E-state index in [0.29, 0.717) is 18.5 Å². The number of hydrogen-bond acceptors (Lipinski definition) is 5. The van der Waals surface area contributed by atoms with Gasteiger partial charge >= 0.3 is 0 Å². The molecule has 0 radical (unpaired) electrons. The van der Waals surface area contributed by atoms with Gasteiger partial charge in [0.25, 0.3) is 5.91 Å². The molecular weight excluding hydrogens is 418 g/mol. The van der Waals surface area contributed by atoms with Gasteiger partial charge in [0, 0.05) is 42.3 Å². The lowest BCUT2D eigenvalue weighted by atomic mass is 10.1. The van der Waals surface area contributed by atoms with Crippen molar-refractivity contribution in [2.24, 2.45) is 0 Å². The highest BCUT2D eigenvalue weighted by molar-refractivity contribution is 8.00. The fraction of sp³-hybridized carbons (Fsp3) is 0.269. The van der Waals surface area contributed by atoms with Gasteiger partial charge in [-0.15, -0.1) is 0 Å². The predicted molar refractivity (Wildman–Crippen MR) is 131 cm³/mol. The van der Waals surface area contributed by atoms with E-state index >= 15 is 0 Å². The Bertz CT molecular complexity index is 1110. The molecule has 32 heavy (non-hydrogen) atoms. The molecule has 1 saturated heterocycles. The lowest BCUT2D eigenvalue weighted by Gasteiger charge is -2.36. The highest BCUT2D eigenvalue weighted by Gasteiger charge is 2.28. The minimum atomic E-state index is 0.0977. The molecule has 1 unspecified atom stereocenters. The fourth-order valence-electron chi connectivity index (χ4n) is 4.53. The summed E-state index contributed by atoms with van der Waals surface area (Å²) in [6.45, 7) is 5.20. The third kappa shape index (κ3) is 3.79. The maximum atomic E-state index is 13.1. The summed E-state index contributed by atoms with van der Waals surface area (Å²) in [6.07, 6.45) is 0.